The Hall–Kier alpha value is -1.64. The zero-order valence-corrected chi connectivity index (χ0v) is 8.33. The monoisotopic (exact) mass is 203 g/mol. The number of hydrogen-bond donors (Lipinski definition) is 3. The molecule has 0 radical (unpaired) electrons. The number of allylic oxidation sites excluding steroid dienone is 3. The van der Waals surface area contributed by atoms with E-state index in [0.717, 1.165) is 24.0 Å². The minimum Gasteiger partial charge on any atom is -0.494 e. The van der Waals surface area contributed by atoms with Crippen LogP contribution in [0.3, 0.4) is 0 Å². The maximum atomic E-state index is 9.78. The summed E-state index contributed by atoms with van der Waals surface area (Å²) in [6, 6.07) is 0. The molecule has 0 saturated carbocycles. The van der Waals surface area contributed by atoms with E-state index in [1.165, 1.54) is 0 Å². The molecule has 0 saturated heterocycles. The highest BCUT2D eigenvalue weighted by atomic mass is 16.3. The van der Waals surface area contributed by atoms with Crippen LogP contribution in [0.25, 0.3) is 0 Å². The molecule has 0 spiro atoms. The summed E-state index contributed by atoms with van der Waals surface area (Å²) in [5.41, 5.74) is 1.60. The van der Waals surface area contributed by atoms with Crippen molar-refractivity contribution < 1.29 is 10.2 Å². The van der Waals surface area contributed by atoms with Gasteiger partial charge in [-0.05, 0) is 12.8 Å². The Balaban J connectivity index is 2.24. The zero-order chi connectivity index (χ0) is 10.6. The summed E-state index contributed by atoms with van der Waals surface area (Å²) in [5, 5.41) is 19.5. The molecule has 3 nitrogen and oxygen atoms in total. The number of hydrogen-bond acceptors (Lipinski definition) is 2. The molecule has 78 valence electrons. The van der Waals surface area contributed by atoms with Crippen molar-refractivity contribution in [2.24, 2.45) is 0 Å². The second-order valence-corrected chi connectivity index (χ2v) is 4.43. The van der Waals surface area contributed by atoms with Gasteiger partial charge >= 0.3 is 0 Å². The smallest absolute Gasteiger partial charge is 0.195 e. The van der Waals surface area contributed by atoms with Crippen molar-refractivity contribution in [3.63, 3.8) is 0 Å². The lowest BCUT2D eigenvalue weighted by atomic mass is 9.81. The number of aromatic hydroxyl groups is 2. The average Bonchev–Trinajstić information content (AvgIpc) is 2.79. The van der Waals surface area contributed by atoms with Gasteiger partial charge in [-0.1, -0.05) is 18.2 Å². The topological polar surface area (TPSA) is 56.2 Å². The van der Waals surface area contributed by atoms with E-state index in [2.05, 4.69) is 23.7 Å². The molecule has 0 aromatic carbocycles. The van der Waals surface area contributed by atoms with Gasteiger partial charge in [0.05, 0.1) is 0 Å². The summed E-state index contributed by atoms with van der Waals surface area (Å²) in [6.07, 6.45) is 7.86. The Morgan fingerprint density at radius 1 is 1.53 bits per heavy atom. The molecule has 1 aromatic heterocycles. The molecule has 2 bridgehead atoms. The third-order valence-electron chi connectivity index (χ3n) is 3.61. The molecular weight excluding hydrogens is 190 g/mol. The van der Waals surface area contributed by atoms with E-state index >= 15 is 0 Å². The molecule has 1 aromatic rings. The summed E-state index contributed by atoms with van der Waals surface area (Å²) in [7, 11) is 0. The lowest BCUT2D eigenvalue weighted by Crippen LogP contribution is -2.16. The highest BCUT2D eigenvalue weighted by molar-refractivity contribution is 5.61. The summed E-state index contributed by atoms with van der Waals surface area (Å²) < 4.78 is 0. The molecule has 1 heterocycles. The van der Waals surface area contributed by atoms with Crippen LogP contribution in [0.15, 0.2) is 24.8 Å². The number of rotatable bonds is 2. The molecule has 15 heavy (non-hydrogen) atoms. The molecule has 2 atom stereocenters. The fraction of sp³-hybridized carbons (Fsp3) is 0.333. The van der Waals surface area contributed by atoms with Crippen molar-refractivity contribution in [3.05, 3.63) is 35.9 Å². The lowest BCUT2D eigenvalue weighted by molar-refractivity contribution is 0.408. The van der Waals surface area contributed by atoms with Gasteiger partial charge in [0.1, 0.15) is 0 Å². The largest absolute Gasteiger partial charge is 0.494 e. The Morgan fingerprint density at radius 3 is 3.07 bits per heavy atom. The maximum Gasteiger partial charge on any atom is 0.195 e. The Morgan fingerprint density at radius 2 is 2.33 bits per heavy atom. The predicted molar refractivity (Wildman–Crippen MR) is 57.1 cm³/mol. The van der Waals surface area contributed by atoms with E-state index in [9.17, 15) is 10.2 Å². The van der Waals surface area contributed by atoms with E-state index in [0.29, 0.717) is 0 Å². The summed E-state index contributed by atoms with van der Waals surface area (Å²) in [5.74, 6) is 0.469. The van der Waals surface area contributed by atoms with Gasteiger partial charge in [0.15, 0.2) is 11.8 Å². The summed E-state index contributed by atoms with van der Waals surface area (Å²) >= 11 is 0. The number of nitrogens with one attached hydrogen (secondary N) is 1. The van der Waals surface area contributed by atoms with Crippen LogP contribution in [0, 0.1) is 0 Å². The Kier molecular flexibility index (Phi) is 1.43. The number of H-pyrrole nitrogens is 1. The van der Waals surface area contributed by atoms with E-state index in [1.54, 1.807) is 0 Å². The van der Waals surface area contributed by atoms with E-state index in [-0.39, 0.29) is 23.1 Å². The Bertz CT molecular complexity index is 472. The molecule has 3 N–H and O–H groups in total. The summed E-state index contributed by atoms with van der Waals surface area (Å²) in [4.78, 5) is 2.60. The molecule has 3 rings (SSSR count). The first-order chi connectivity index (χ1) is 7.18. The van der Waals surface area contributed by atoms with Crippen LogP contribution in [0.5, 0.6) is 11.8 Å². The van der Waals surface area contributed by atoms with Crippen LogP contribution in [-0.4, -0.2) is 15.2 Å². The minimum atomic E-state index is -0.136. The molecule has 0 aliphatic heterocycles. The van der Waals surface area contributed by atoms with Gasteiger partial charge < -0.3 is 10.2 Å². The third kappa shape index (κ3) is 0.856. The van der Waals surface area contributed by atoms with Crippen molar-refractivity contribution in [2.75, 3.05) is 0 Å². The van der Waals surface area contributed by atoms with Crippen LogP contribution >= 0.6 is 0 Å². The van der Waals surface area contributed by atoms with Gasteiger partial charge in [-0.15, -0.1) is 6.58 Å². The number of fused-ring (bicyclic) bond motifs is 5. The second-order valence-electron chi connectivity index (χ2n) is 4.43. The highest BCUT2D eigenvalue weighted by Gasteiger charge is 2.49. The van der Waals surface area contributed by atoms with E-state index in [4.69, 9.17) is 0 Å². The van der Waals surface area contributed by atoms with E-state index < -0.39 is 0 Å². The highest BCUT2D eigenvalue weighted by Crippen LogP contribution is 2.59. The SMILES string of the molecule is C=CCC12C=CC(C1)c1c(O)[nH]c(O)c12. The minimum absolute atomic E-state index is 0.108. The molecule has 3 heteroatoms. The molecular formula is C12H13NO2. The van der Waals surface area contributed by atoms with Crippen LogP contribution < -0.4 is 0 Å². The van der Waals surface area contributed by atoms with E-state index in [1.807, 2.05) is 6.08 Å². The van der Waals surface area contributed by atoms with Crippen molar-refractivity contribution in [3.8, 4) is 11.8 Å². The van der Waals surface area contributed by atoms with Gasteiger partial charge in [-0.2, -0.15) is 0 Å². The van der Waals surface area contributed by atoms with Gasteiger partial charge in [0, 0.05) is 22.5 Å². The third-order valence-corrected chi connectivity index (χ3v) is 3.61. The standard InChI is InChI=1S/C12H13NO2/c1-2-4-12-5-3-7(6-12)8-9(12)11(15)13-10(8)14/h2-3,5,7,13-15H,1,4,6H2. The second kappa shape index (κ2) is 2.48. The van der Waals surface area contributed by atoms with Gasteiger partial charge in [0.25, 0.3) is 0 Å². The maximum absolute atomic E-state index is 9.78. The Labute approximate surface area is 87.8 Å². The van der Waals surface area contributed by atoms with Crippen LogP contribution in [0.2, 0.25) is 0 Å². The van der Waals surface area contributed by atoms with Gasteiger partial charge in [-0.25, -0.2) is 0 Å². The number of aromatic amines is 1. The summed E-state index contributed by atoms with van der Waals surface area (Å²) in [6.45, 7) is 3.76. The van der Waals surface area contributed by atoms with Crippen LogP contribution in [-0.2, 0) is 5.41 Å². The van der Waals surface area contributed by atoms with Crippen LogP contribution in [0.1, 0.15) is 29.9 Å². The average molecular weight is 203 g/mol. The molecule has 0 amide bonds. The molecule has 2 aliphatic carbocycles. The van der Waals surface area contributed by atoms with Crippen molar-refractivity contribution in [1.82, 2.24) is 4.98 Å². The van der Waals surface area contributed by atoms with Crippen LogP contribution in [0.4, 0.5) is 0 Å². The van der Waals surface area contributed by atoms with Crippen molar-refractivity contribution in [1.29, 1.82) is 0 Å². The normalized spacial score (nSPS) is 30.8. The van der Waals surface area contributed by atoms with Crippen molar-refractivity contribution in [2.45, 2.75) is 24.2 Å². The first-order valence-corrected chi connectivity index (χ1v) is 5.12. The quantitative estimate of drug-likeness (QED) is 0.646. The van der Waals surface area contributed by atoms with Gasteiger partial charge in [0.2, 0.25) is 0 Å². The first kappa shape index (κ1) is 8.65. The van der Waals surface area contributed by atoms with Crippen molar-refractivity contribution >= 4 is 0 Å². The predicted octanol–water partition coefficient (Wildman–Crippen LogP) is 2.30. The fourth-order valence-corrected chi connectivity index (χ4v) is 3.08. The molecule has 2 aliphatic rings. The van der Waals surface area contributed by atoms with Gasteiger partial charge in [-0.3, -0.25) is 4.98 Å². The molecule has 0 fully saturated rings. The lowest BCUT2D eigenvalue weighted by Gasteiger charge is -2.22. The number of aromatic nitrogens is 1. The molecule has 2 unspecified atom stereocenters. The zero-order valence-electron chi connectivity index (χ0n) is 8.33. The first-order valence-electron chi connectivity index (χ1n) is 5.12. The fourth-order valence-electron chi connectivity index (χ4n) is 3.08.